The molecule has 0 aromatic heterocycles. The lowest BCUT2D eigenvalue weighted by Crippen LogP contribution is -2.30. The largest absolute Gasteiger partial charge is 0.391 e. The van der Waals surface area contributed by atoms with E-state index in [1.807, 2.05) is 0 Å². The van der Waals surface area contributed by atoms with Gasteiger partial charge in [-0.3, -0.25) is 9.79 Å². The highest BCUT2D eigenvalue weighted by Crippen LogP contribution is 2.30. The highest BCUT2D eigenvalue weighted by atomic mass is 35.5. The van der Waals surface area contributed by atoms with E-state index >= 15 is 0 Å². The fraction of sp³-hybridized carbons (Fsp3) is 0.176. The van der Waals surface area contributed by atoms with Crippen LogP contribution in [0.4, 0.5) is 18.9 Å². The summed E-state index contributed by atoms with van der Waals surface area (Å²) in [4.78, 5) is 16.3. The third-order valence-electron chi connectivity index (χ3n) is 3.55. The number of hydrogen-bond acceptors (Lipinski definition) is 2. The van der Waals surface area contributed by atoms with Crippen molar-refractivity contribution in [2.45, 2.75) is 18.6 Å². The molecule has 1 N–H and O–H groups in total. The molecule has 2 aromatic carbocycles. The van der Waals surface area contributed by atoms with Gasteiger partial charge in [-0.25, -0.2) is 0 Å². The Kier molecular flexibility index (Phi) is 4.32. The molecule has 2 aromatic rings. The van der Waals surface area contributed by atoms with Crippen molar-refractivity contribution >= 4 is 28.9 Å². The lowest BCUT2D eigenvalue weighted by atomic mass is 10.0. The monoisotopic (exact) mass is 352 g/mol. The number of amides is 1. The van der Waals surface area contributed by atoms with Gasteiger partial charge < -0.3 is 5.32 Å². The van der Waals surface area contributed by atoms with Crippen molar-refractivity contribution in [3.05, 3.63) is 64.7 Å². The molecule has 24 heavy (non-hydrogen) atoms. The molecule has 0 bridgehead atoms. The van der Waals surface area contributed by atoms with Gasteiger partial charge in [0.05, 0.1) is 17.8 Å². The van der Waals surface area contributed by atoms with Gasteiger partial charge in [0.2, 0.25) is 5.91 Å². The van der Waals surface area contributed by atoms with Gasteiger partial charge in [-0.1, -0.05) is 41.9 Å². The second-order valence-electron chi connectivity index (χ2n) is 5.36. The van der Waals surface area contributed by atoms with Crippen LogP contribution < -0.4 is 5.32 Å². The number of carbonyl (C=O) groups excluding carboxylic acids is 1. The Labute approximate surface area is 141 Å². The van der Waals surface area contributed by atoms with Crippen molar-refractivity contribution in [2.75, 3.05) is 5.32 Å². The van der Waals surface area contributed by atoms with Crippen LogP contribution >= 0.6 is 11.6 Å². The summed E-state index contributed by atoms with van der Waals surface area (Å²) in [6.45, 7) is 0. The molecule has 0 fully saturated rings. The maximum Gasteiger partial charge on any atom is 0.391 e. The van der Waals surface area contributed by atoms with E-state index in [9.17, 15) is 18.0 Å². The van der Waals surface area contributed by atoms with Gasteiger partial charge in [-0.05, 0) is 18.2 Å². The Balaban J connectivity index is 2.16. The summed E-state index contributed by atoms with van der Waals surface area (Å²) in [6.07, 6.45) is -5.82. The highest BCUT2D eigenvalue weighted by Gasteiger charge is 2.37. The average molecular weight is 353 g/mol. The van der Waals surface area contributed by atoms with Crippen LogP contribution in [0.1, 0.15) is 17.5 Å². The van der Waals surface area contributed by atoms with E-state index in [1.165, 1.54) is 0 Å². The first-order chi connectivity index (χ1) is 11.3. The van der Waals surface area contributed by atoms with Crippen LogP contribution in [-0.2, 0) is 4.79 Å². The number of anilines is 1. The zero-order valence-electron chi connectivity index (χ0n) is 12.3. The number of hydrogen-bond donors (Lipinski definition) is 1. The molecule has 3 nitrogen and oxygen atoms in total. The normalized spacial score (nSPS) is 17.6. The van der Waals surface area contributed by atoms with Gasteiger partial charge in [0.15, 0.2) is 0 Å². The van der Waals surface area contributed by atoms with E-state index in [2.05, 4.69) is 10.3 Å². The number of aliphatic imine (C=N–C) groups is 1. The van der Waals surface area contributed by atoms with Gasteiger partial charge >= 0.3 is 6.18 Å². The van der Waals surface area contributed by atoms with Crippen molar-refractivity contribution in [1.29, 1.82) is 0 Å². The zero-order chi connectivity index (χ0) is 17.3. The quantitative estimate of drug-likeness (QED) is 0.852. The fourth-order valence-corrected chi connectivity index (χ4v) is 2.68. The third kappa shape index (κ3) is 3.59. The fourth-order valence-electron chi connectivity index (χ4n) is 2.51. The lowest BCUT2D eigenvalue weighted by molar-refractivity contribution is -0.145. The van der Waals surface area contributed by atoms with Gasteiger partial charge in [0, 0.05) is 16.1 Å². The molecule has 1 aliphatic rings. The Morgan fingerprint density at radius 1 is 1.12 bits per heavy atom. The van der Waals surface area contributed by atoms with Crippen LogP contribution in [0, 0.1) is 0 Å². The van der Waals surface area contributed by atoms with Crippen molar-refractivity contribution in [1.82, 2.24) is 0 Å². The second-order valence-corrected chi connectivity index (χ2v) is 5.79. The number of carbonyl (C=O) groups is 1. The minimum absolute atomic E-state index is 0.306. The van der Waals surface area contributed by atoms with Crippen LogP contribution in [-0.4, -0.2) is 23.8 Å². The maximum absolute atomic E-state index is 12.8. The Bertz CT molecular complexity index is 803. The Morgan fingerprint density at radius 2 is 1.83 bits per heavy atom. The predicted octanol–water partition coefficient (Wildman–Crippen LogP) is 4.45. The summed E-state index contributed by atoms with van der Waals surface area (Å²) in [5.41, 5.74) is 1.80. The second kappa shape index (κ2) is 6.28. The van der Waals surface area contributed by atoms with Gasteiger partial charge in [0.25, 0.3) is 0 Å². The first kappa shape index (κ1) is 16.5. The van der Waals surface area contributed by atoms with Crippen molar-refractivity contribution < 1.29 is 18.0 Å². The molecular formula is C17H12ClF3N2O. The van der Waals surface area contributed by atoms with Crippen LogP contribution in [0.2, 0.25) is 5.02 Å². The molecule has 7 heteroatoms. The summed E-state index contributed by atoms with van der Waals surface area (Å²) in [5.74, 6) is -0.790. The lowest BCUT2D eigenvalue weighted by Gasteiger charge is -2.13. The molecule has 124 valence electrons. The van der Waals surface area contributed by atoms with Gasteiger partial charge in [-0.15, -0.1) is 0 Å². The van der Waals surface area contributed by atoms with Crippen molar-refractivity contribution in [3.63, 3.8) is 0 Å². The average Bonchev–Trinajstić information content (AvgIpc) is 2.64. The summed E-state index contributed by atoms with van der Waals surface area (Å²) < 4.78 is 38.4. The zero-order valence-corrected chi connectivity index (χ0v) is 13.0. The molecule has 1 amide bonds. The Morgan fingerprint density at radius 3 is 2.50 bits per heavy atom. The van der Waals surface area contributed by atoms with Gasteiger partial charge in [-0.2, -0.15) is 13.2 Å². The molecule has 0 aliphatic carbocycles. The first-order valence-electron chi connectivity index (χ1n) is 7.14. The van der Waals surface area contributed by atoms with E-state index in [0.29, 0.717) is 27.5 Å². The van der Waals surface area contributed by atoms with Crippen LogP contribution in [0.5, 0.6) is 0 Å². The molecule has 1 aliphatic heterocycles. The number of alkyl halides is 3. The molecule has 1 unspecified atom stereocenters. The number of benzene rings is 2. The van der Waals surface area contributed by atoms with Crippen molar-refractivity contribution in [2.24, 2.45) is 4.99 Å². The topological polar surface area (TPSA) is 41.5 Å². The van der Waals surface area contributed by atoms with Crippen LogP contribution in [0.25, 0.3) is 0 Å². The summed E-state index contributed by atoms with van der Waals surface area (Å²) in [6, 6.07) is 11.9. The van der Waals surface area contributed by atoms with E-state index in [1.54, 1.807) is 48.5 Å². The smallest absolute Gasteiger partial charge is 0.324 e. The molecular weight excluding hydrogens is 341 g/mol. The number of rotatable bonds is 2. The van der Waals surface area contributed by atoms with Gasteiger partial charge in [0.1, 0.15) is 6.04 Å². The summed E-state index contributed by atoms with van der Waals surface area (Å²) in [7, 11) is 0. The molecule has 0 saturated heterocycles. The number of benzodiazepines with no additional fused rings is 1. The minimum atomic E-state index is -4.50. The molecule has 0 spiro atoms. The molecule has 3 rings (SSSR count). The third-order valence-corrected chi connectivity index (χ3v) is 3.79. The number of fused-ring (bicyclic) bond motifs is 1. The minimum Gasteiger partial charge on any atom is -0.324 e. The van der Waals surface area contributed by atoms with E-state index in [0.717, 1.165) is 0 Å². The van der Waals surface area contributed by atoms with E-state index < -0.39 is 24.5 Å². The number of halogens is 4. The highest BCUT2D eigenvalue weighted by molar-refractivity contribution is 6.32. The standard InChI is InChI=1S/C17H12ClF3N2O/c18-11-6-7-13-12(8-11)15(10-4-2-1-3-5-10)22-14(16(24)23-13)9-17(19,20)21/h1-8,14H,9H2,(H,23,24). The summed E-state index contributed by atoms with van der Waals surface area (Å²) in [5, 5.41) is 2.91. The molecule has 0 radical (unpaired) electrons. The maximum atomic E-state index is 12.8. The first-order valence-corrected chi connectivity index (χ1v) is 7.52. The summed E-state index contributed by atoms with van der Waals surface area (Å²) >= 11 is 6.01. The van der Waals surface area contributed by atoms with E-state index in [-0.39, 0.29) is 0 Å². The SMILES string of the molecule is O=C1Nc2ccc(Cl)cc2C(c2ccccc2)=NC1CC(F)(F)F. The predicted molar refractivity (Wildman–Crippen MR) is 86.6 cm³/mol. The van der Waals surface area contributed by atoms with E-state index in [4.69, 9.17) is 11.6 Å². The number of nitrogens with one attached hydrogen (secondary N) is 1. The molecule has 1 atom stereocenters. The Hall–Kier alpha value is -2.34. The van der Waals surface area contributed by atoms with Crippen molar-refractivity contribution in [3.8, 4) is 0 Å². The molecule has 1 heterocycles. The van der Waals surface area contributed by atoms with Crippen LogP contribution in [0.15, 0.2) is 53.5 Å². The molecule has 0 saturated carbocycles. The number of nitrogens with zero attached hydrogens (tertiary/aromatic N) is 1. The van der Waals surface area contributed by atoms with Crippen LogP contribution in [0.3, 0.4) is 0 Å².